The van der Waals surface area contributed by atoms with Crippen molar-refractivity contribution in [1.82, 2.24) is 4.72 Å². The van der Waals surface area contributed by atoms with Crippen LogP contribution >= 0.6 is 0 Å². The summed E-state index contributed by atoms with van der Waals surface area (Å²) in [4.78, 5) is 0.115. The van der Waals surface area contributed by atoms with Crippen molar-refractivity contribution in [3.05, 3.63) is 24.3 Å². The fourth-order valence-electron chi connectivity index (χ4n) is 2.00. The fourth-order valence-corrected chi connectivity index (χ4v) is 3.35. The average Bonchev–Trinajstić information content (AvgIpc) is 2.13. The largest absolute Gasteiger partial charge is 0.508 e. The van der Waals surface area contributed by atoms with E-state index in [0.717, 1.165) is 12.8 Å². The molecule has 2 N–H and O–H groups in total. The van der Waals surface area contributed by atoms with Crippen LogP contribution in [0.5, 0.6) is 5.75 Å². The Labute approximate surface area is 102 Å². The molecule has 0 aliphatic heterocycles. The first-order valence-electron chi connectivity index (χ1n) is 5.80. The Morgan fingerprint density at radius 1 is 1.41 bits per heavy atom. The van der Waals surface area contributed by atoms with Gasteiger partial charge in [-0.3, -0.25) is 0 Å². The summed E-state index contributed by atoms with van der Waals surface area (Å²) in [5, 5.41) is 9.28. The summed E-state index contributed by atoms with van der Waals surface area (Å²) < 4.78 is 26.7. The summed E-state index contributed by atoms with van der Waals surface area (Å²) >= 11 is 0. The van der Waals surface area contributed by atoms with Crippen molar-refractivity contribution in [2.24, 2.45) is 5.92 Å². The van der Waals surface area contributed by atoms with Crippen LogP contribution in [0.4, 0.5) is 0 Å². The van der Waals surface area contributed by atoms with E-state index in [2.05, 4.69) is 4.72 Å². The maximum Gasteiger partial charge on any atom is 0.240 e. The molecule has 1 aliphatic rings. The minimum absolute atomic E-state index is 0.0378. The van der Waals surface area contributed by atoms with E-state index in [1.54, 1.807) is 0 Å². The van der Waals surface area contributed by atoms with Gasteiger partial charge in [0.15, 0.2) is 0 Å². The van der Waals surface area contributed by atoms with Gasteiger partial charge in [0, 0.05) is 6.04 Å². The van der Waals surface area contributed by atoms with Gasteiger partial charge < -0.3 is 5.11 Å². The number of phenolic OH excluding ortho intramolecular Hbond substituents is 1. The van der Waals surface area contributed by atoms with Crippen LogP contribution in [0.3, 0.4) is 0 Å². The number of hydrogen-bond donors (Lipinski definition) is 2. The number of hydrogen-bond acceptors (Lipinski definition) is 3. The van der Waals surface area contributed by atoms with E-state index < -0.39 is 10.0 Å². The van der Waals surface area contributed by atoms with Crippen LogP contribution in [-0.4, -0.2) is 19.6 Å². The van der Waals surface area contributed by atoms with Crippen molar-refractivity contribution in [3.63, 3.8) is 0 Å². The van der Waals surface area contributed by atoms with Gasteiger partial charge in [0.05, 0.1) is 4.90 Å². The lowest BCUT2D eigenvalue weighted by molar-refractivity contribution is 0.260. The number of rotatable bonds is 4. The van der Waals surface area contributed by atoms with Gasteiger partial charge in [-0.05, 0) is 43.9 Å². The zero-order valence-electron chi connectivity index (χ0n) is 9.76. The Bertz CT molecular complexity index is 494. The number of aromatic hydroxyl groups is 1. The minimum Gasteiger partial charge on any atom is -0.508 e. The van der Waals surface area contributed by atoms with Gasteiger partial charge >= 0.3 is 0 Å². The SMILES string of the molecule is CC(NS(=O)(=O)c1cccc(O)c1)C1CCC1. The second-order valence-corrected chi connectivity index (χ2v) is 6.31. The molecule has 0 spiro atoms. The summed E-state index contributed by atoms with van der Waals surface area (Å²) in [5.41, 5.74) is 0. The van der Waals surface area contributed by atoms with Crippen molar-refractivity contribution in [3.8, 4) is 5.75 Å². The zero-order chi connectivity index (χ0) is 12.5. The molecule has 0 heterocycles. The lowest BCUT2D eigenvalue weighted by Crippen LogP contribution is -2.40. The standard InChI is InChI=1S/C12H17NO3S/c1-9(10-4-2-5-10)13-17(15,16)12-7-3-6-11(14)8-12/h3,6-10,13-14H,2,4-5H2,1H3. The molecule has 0 amide bonds. The predicted molar refractivity (Wildman–Crippen MR) is 65.2 cm³/mol. The molecule has 5 heteroatoms. The molecule has 0 aromatic heterocycles. The monoisotopic (exact) mass is 255 g/mol. The molecule has 1 aromatic carbocycles. The van der Waals surface area contributed by atoms with Crippen LogP contribution in [-0.2, 0) is 10.0 Å². The molecule has 1 saturated carbocycles. The molecule has 2 rings (SSSR count). The van der Waals surface area contributed by atoms with Gasteiger partial charge in [-0.2, -0.15) is 0 Å². The number of nitrogens with one attached hydrogen (secondary N) is 1. The highest BCUT2D eigenvalue weighted by Crippen LogP contribution is 2.30. The summed E-state index contributed by atoms with van der Waals surface area (Å²) in [6.45, 7) is 1.89. The van der Waals surface area contributed by atoms with Gasteiger partial charge in [0.2, 0.25) is 10.0 Å². The molecular weight excluding hydrogens is 238 g/mol. The Morgan fingerprint density at radius 3 is 2.65 bits per heavy atom. The Hall–Kier alpha value is -1.07. The van der Waals surface area contributed by atoms with Crippen LogP contribution in [0.25, 0.3) is 0 Å². The normalized spacial score (nSPS) is 18.6. The van der Waals surface area contributed by atoms with E-state index in [9.17, 15) is 13.5 Å². The highest BCUT2D eigenvalue weighted by Gasteiger charge is 2.27. The second-order valence-electron chi connectivity index (χ2n) is 4.60. The van der Waals surface area contributed by atoms with E-state index in [1.165, 1.54) is 30.7 Å². The number of phenols is 1. The summed E-state index contributed by atoms with van der Waals surface area (Å²) in [7, 11) is -3.51. The molecule has 0 radical (unpaired) electrons. The second kappa shape index (κ2) is 4.66. The maximum absolute atomic E-state index is 12.0. The third kappa shape index (κ3) is 2.79. The van der Waals surface area contributed by atoms with E-state index in [1.807, 2.05) is 6.92 Å². The molecule has 1 unspecified atom stereocenters. The first-order chi connectivity index (χ1) is 7.99. The molecule has 0 bridgehead atoms. The van der Waals surface area contributed by atoms with E-state index >= 15 is 0 Å². The lowest BCUT2D eigenvalue weighted by atomic mass is 9.81. The maximum atomic E-state index is 12.0. The predicted octanol–water partition coefficient (Wildman–Crippen LogP) is 1.86. The molecule has 1 atom stereocenters. The fraction of sp³-hybridized carbons (Fsp3) is 0.500. The number of benzene rings is 1. The van der Waals surface area contributed by atoms with Crippen molar-refractivity contribution < 1.29 is 13.5 Å². The van der Waals surface area contributed by atoms with Gasteiger partial charge in [-0.1, -0.05) is 12.5 Å². The first-order valence-corrected chi connectivity index (χ1v) is 7.29. The highest BCUT2D eigenvalue weighted by atomic mass is 32.2. The zero-order valence-corrected chi connectivity index (χ0v) is 10.6. The van der Waals surface area contributed by atoms with E-state index in [0.29, 0.717) is 5.92 Å². The van der Waals surface area contributed by atoms with Crippen molar-refractivity contribution >= 4 is 10.0 Å². The summed E-state index contributed by atoms with van der Waals surface area (Å²) in [6.07, 6.45) is 3.36. The van der Waals surface area contributed by atoms with Crippen molar-refractivity contribution in [1.29, 1.82) is 0 Å². The van der Waals surface area contributed by atoms with Crippen LogP contribution in [0, 0.1) is 5.92 Å². The van der Waals surface area contributed by atoms with Crippen LogP contribution in [0.1, 0.15) is 26.2 Å². The lowest BCUT2D eigenvalue weighted by Gasteiger charge is -2.31. The van der Waals surface area contributed by atoms with Gasteiger partial charge in [0.25, 0.3) is 0 Å². The van der Waals surface area contributed by atoms with Gasteiger partial charge in [-0.15, -0.1) is 0 Å². The number of sulfonamides is 1. The topological polar surface area (TPSA) is 66.4 Å². The molecule has 1 fully saturated rings. The average molecular weight is 255 g/mol. The van der Waals surface area contributed by atoms with Crippen LogP contribution in [0.2, 0.25) is 0 Å². The molecule has 94 valence electrons. The molecule has 1 aliphatic carbocycles. The molecule has 0 saturated heterocycles. The quantitative estimate of drug-likeness (QED) is 0.863. The van der Waals surface area contributed by atoms with Crippen molar-refractivity contribution in [2.75, 3.05) is 0 Å². The Morgan fingerprint density at radius 2 is 2.12 bits per heavy atom. The Kier molecular flexibility index (Phi) is 3.40. The van der Waals surface area contributed by atoms with E-state index in [4.69, 9.17) is 0 Å². The molecule has 4 nitrogen and oxygen atoms in total. The minimum atomic E-state index is -3.51. The summed E-state index contributed by atoms with van der Waals surface area (Å²) in [6, 6.07) is 5.67. The first kappa shape index (κ1) is 12.4. The molecule has 17 heavy (non-hydrogen) atoms. The van der Waals surface area contributed by atoms with Crippen LogP contribution in [0.15, 0.2) is 29.2 Å². The molecule has 1 aromatic rings. The van der Waals surface area contributed by atoms with Crippen LogP contribution < -0.4 is 4.72 Å². The third-order valence-electron chi connectivity index (χ3n) is 3.33. The summed E-state index contributed by atoms with van der Waals surface area (Å²) in [5.74, 6) is 0.409. The van der Waals surface area contributed by atoms with Crippen molar-refractivity contribution in [2.45, 2.75) is 37.1 Å². The smallest absolute Gasteiger partial charge is 0.240 e. The third-order valence-corrected chi connectivity index (χ3v) is 4.88. The molecular formula is C12H17NO3S. The highest BCUT2D eigenvalue weighted by molar-refractivity contribution is 7.89. The Balaban J connectivity index is 2.13. The van der Waals surface area contributed by atoms with Gasteiger partial charge in [0.1, 0.15) is 5.75 Å². The van der Waals surface area contributed by atoms with Gasteiger partial charge in [-0.25, -0.2) is 13.1 Å². The van der Waals surface area contributed by atoms with E-state index in [-0.39, 0.29) is 16.7 Å².